The molecule has 2 atom stereocenters. The standard InChI is InChI=1S/C10H15N3O3/c1-12-8(14)5-7(10(12)16)13-4-2-3-6(11)9(13)15/h6-7H,2-5,11H2,1H3. The van der Waals surface area contributed by atoms with Crippen molar-refractivity contribution in [2.24, 2.45) is 5.73 Å². The summed E-state index contributed by atoms with van der Waals surface area (Å²) in [5.74, 6) is -0.748. The zero-order chi connectivity index (χ0) is 11.9. The molecule has 0 radical (unpaired) electrons. The molecular formula is C10H15N3O3. The van der Waals surface area contributed by atoms with Gasteiger partial charge in [0.05, 0.1) is 12.5 Å². The third-order valence-electron chi connectivity index (χ3n) is 3.25. The summed E-state index contributed by atoms with van der Waals surface area (Å²) in [5.41, 5.74) is 5.65. The van der Waals surface area contributed by atoms with E-state index < -0.39 is 12.1 Å². The number of rotatable bonds is 1. The fourth-order valence-corrected chi connectivity index (χ4v) is 2.22. The van der Waals surface area contributed by atoms with E-state index in [0.717, 1.165) is 11.3 Å². The second-order valence-electron chi connectivity index (χ2n) is 4.29. The fourth-order valence-electron chi connectivity index (χ4n) is 2.22. The molecule has 2 aliphatic rings. The molecule has 6 heteroatoms. The summed E-state index contributed by atoms with van der Waals surface area (Å²) < 4.78 is 0. The summed E-state index contributed by atoms with van der Waals surface area (Å²) in [6.45, 7) is 0.518. The number of hydrogen-bond acceptors (Lipinski definition) is 4. The van der Waals surface area contributed by atoms with Crippen LogP contribution in [0.5, 0.6) is 0 Å². The molecule has 2 heterocycles. The molecule has 88 valence electrons. The molecule has 2 aliphatic heterocycles. The van der Waals surface area contributed by atoms with Gasteiger partial charge in [-0.1, -0.05) is 0 Å². The van der Waals surface area contributed by atoms with Crippen molar-refractivity contribution < 1.29 is 14.4 Å². The summed E-state index contributed by atoms with van der Waals surface area (Å²) in [7, 11) is 1.44. The number of carbonyl (C=O) groups is 3. The summed E-state index contributed by atoms with van der Waals surface area (Å²) in [5, 5.41) is 0. The molecular weight excluding hydrogens is 210 g/mol. The molecule has 0 aromatic rings. The molecule has 2 N–H and O–H groups in total. The molecule has 0 saturated carbocycles. The lowest BCUT2D eigenvalue weighted by atomic mass is 10.0. The quantitative estimate of drug-likeness (QED) is 0.562. The maximum Gasteiger partial charge on any atom is 0.252 e. The van der Waals surface area contributed by atoms with Gasteiger partial charge in [-0.25, -0.2) is 0 Å². The van der Waals surface area contributed by atoms with Crippen molar-refractivity contribution in [2.45, 2.75) is 31.3 Å². The van der Waals surface area contributed by atoms with Crippen LogP contribution in [0.15, 0.2) is 0 Å². The molecule has 0 aliphatic carbocycles. The van der Waals surface area contributed by atoms with Gasteiger partial charge in [0, 0.05) is 13.6 Å². The number of imide groups is 1. The number of piperidine rings is 1. The van der Waals surface area contributed by atoms with E-state index in [1.165, 1.54) is 11.9 Å². The Labute approximate surface area is 93.4 Å². The Hall–Kier alpha value is -1.43. The van der Waals surface area contributed by atoms with Crippen molar-refractivity contribution in [1.29, 1.82) is 0 Å². The van der Waals surface area contributed by atoms with Gasteiger partial charge in [0.1, 0.15) is 6.04 Å². The van der Waals surface area contributed by atoms with Crippen LogP contribution in [0.3, 0.4) is 0 Å². The minimum atomic E-state index is -0.628. The van der Waals surface area contributed by atoms with Gasteiger partial charge < -0.3 is 10.6 Å². The van der Waals surface area contributed by atoms with E-state index >= 15 is 0 Å². The maximum atomic E-state index is 11.8. The SMILES string of the molecule is CN1C(=O)CC(N2CCCC(N)C2=O)C1=O. The Morgan fingerprint density at radius 1 is 1.25 bits per heavy atom. The predicted octanol–water partition coefficient (Wildman–Crippen LogP) is -1.31. The highest BCUT2D eigenvalue weighted by Crippen LogP contribution is 2.21. The Balaban J connectivity index is 2.16. The highest BCUT2D eigenvalue weighted by atomic mass is 16.2. The largest absolute Gasteiger partial charge is 0.329 e. The fraction of sp³-hybridized carbons (Fsp3) is 0.700. The van der Waals surface area contributed by atoms with Crippen LogP contribution in [0.1, 0.15) is 19.3 Å². The zero-order valence-corrected chi connectivity index (χ0v) is 9.18. The van der Waals surface area contributed by atoms with Crippen LogP contribution in [-0.2, 0) is 14.4 Å². The normalized spacial score (nSPS) is 31.5. The van der Waals surface area contributed by atoms with Gasteiger partial charge in [-0.15, -0.1) is 0 Å². The van der Waals surface area contributed by atoms with E-state index in [4.69, 9.17) is 5.73 Å². The monoisotopic (exact) mass is 225 g/mol. The summed E-state index contributed by atoms with van der Waals surface area (Å²) in [4.78, 5) is 37.4. The zero-order valence-electron chi connectivity index (χ0n) is 9.18. The van der Waals surface area contributed by atoms with Crippen molar-refractivity contribution >= 4 is 17.7 Å². The first-order valence-corrected chi connectivity index (χ1v) is 5.39. The summed E-state index contributed by atoms with van der Waals surface area (Å²) in [6.07, 6.45) is 1.53. The van der Waals surface area contributed by atoms with Crippen molar-refractivity contribution in [2.75, 3.05) is 13.6 Å². The van der Waals surface area contributed by atoms with Gasteiger partial charge >= 0.3 is 0 Å². The van der Waals surface area contributed by atoms with Gasteiger partial charge in [-0.05, 0) is 12.8 Å². The molecule has 2 rings (SSSR count). The Morgan fingerprint density at radius 3 is 2.50 bits per heavy atom. The molecule has 0 aromatic heterocycles. The predicted molar refractivity (Wildman–Crippen MR) is 55.1 cm³/mol. The van der Waals surface area contributed by atoms with Crippen LogP contribution >= 0.6 is 0 Å². The Kier molecular flexibility index (Phi) is 2.67. The summed E-state index contributed by atoms with van der Waals surface area (Å²) in [6, 6.07) is -1.15. The number of nitrogens with zero attached hydrogens (tertiary/aromatic N) is 2. The van der Waals surface area contributed by atoms with Crippen LogP contribution in [0.4, 0.5) is 0 Å². The van der Waals surface area contributed by atoms with Gasteiger partial charge in [0.15, 0.2) is 0 Å². The van der Waals surface area contributed by atoms with Gasteiger partial charge in [-0.3, -0.25) is 19.3 Å². The van der Waals surface area contributed by atoms with E-state index in [1.807, 2.05) is 0 Å². The van der Waals surface area contributed by atoms with Crippen LogP contribution in [0.2, 0.25) is 0 Å². The van der Waals surface area contributed by atoms with Crippen LogP contribution < -0.4 is 5.73 Å². The van der Waals surface area contributed by atoms with Crippen LogP contribution in [-0.4, -0.2) is 53.2 Å². The molecule has 16 heavy (non-hydrogen) atoms. The minimum Gasteiger partial charge on any atom is -0.329 e. The molecule has 3 amide bonds. The molecule has 2 unspecified atom stereocenters. The second-order valence-corrected chi connectivity index (χ2v) is 4.29. The van der Waals surface area contributed by atoms with Gasteiger partial charge in [-0.2, -0.15) is 0 Å². The maximum absolute atomic E-state index is 11.8. The van der Waals surface area contributed by atoms with E-state index in [9.17, 15) is 14.4 Å². The lowest BCUT2D eigenvalue weighted by Crippen LogP contribution is -2.54. The topological polar surface area (TPSA) is 83.7 Å². The molecule has 6 nitrogen and oxygen atoms in total. The van der Waals surface area contributed by atoms with Crippen molar-refractivity contribution in [3.8, 4) is 0 Å². The average Bonchev–Trinajstić information content (AvgIpc) is 2.50. The smallest absolute Gasteiger partial charge is 0.252 e. The van der Waals surface area contributed by atoms with Crippen molar-refractivity contribution in [1.82, 2.24) is 9.80 Å². The number of carbonyl (C=O) groups excluding carboxylic acids is 3. The van der Waals surface area contributed by atoms with E-state index in [1.54, 1.807) is 0 Å². The summed E-state index contributed by atoms with van der Waals surface area (Å²) >= 11 is 0. The number of likely N-dealkylation sites (N-methyl/N-ethyl adjacent to an activating group) is 1. The van der Waals surface area contributed by atoms with Crippen molar-refractivity contribution in [3.05, 3.63) is 0 Å². The van der Waals surface area contributed by atoms with E-state index in [-0.39, 0.29) is 24.1 Å². The third-order valence-corrected chi connectivity index (χ3v) is 3.25. The lowest BCUT2D eigenvalue weighted by Gasteiger charge is -2.33. The minimum absolute atomic E-state index is 0.0911. The first-order valence-electron chi connectivity index (χ1n) is 5.39. The first kappa shape index (κ1) is 11.1. The highest BCUT2D eigenvalue weighted by Gasteiger charge is 2.43. The molecule has 2 saturated heterocycles. The number of hydrogen-bond donors (Lipinski definition) is 1. The van der Waals surface area contributed by atoms with E-state index in [2.05, 4.69) is 0 Å². The molecule has 2 fully saturated rings. The average molecular weight is 225 g/mol. The Bertz CT molecular complexity index is 355. The highest BCUT2D eigenvalue weighted by molar-refractivity contribution is 6.06. The van der Waals surface area contributed by atoms with Gasteiger partial charge in [0.25, 0.3) is 5.91 Å². The molecule has 0 bridgehead atoms. The van der Waals surface area contributed by atoms with Gasteiger partial charge in [0.2, 0.25) is 11.8 Å². The second kappa shape index (κ2) is 3.86. The Morgan fingerprint density at radius 2 is 1.94 bits per heavy atom. The first-order chi connectivity index (χ1) is 7.52. The number of likely N-dealkylation sites (tertiary alicyclic amines) is 2. The number of amides is 3. The van der Waals surface area contributed by atoms with E-state index in [0.29, 0.717) is 13.0 Å². The van der Waals surface area contributed by atoms with Crippen LogP contribution in [0, 0.1) is 0 Å². The third kappa shape index (κ3) is 1.59. The van der Waals surface area contributed by atoms with Crippen LogP contribution in [0.25, 0.3) is 0 Å². The lowest BCUT2D eigenvalue weighted by molar-refractivity contribution is -0.145. The van der Waals surface area contributed by atoms with Crippen molar-refractivity contribution in [3.63, 3.8) is 0 Å². The molecule has 0 aromatic carbocycles. The molecule has 0 spiro atoms. The number of nitrogens with two attached hydrogens (primary N) is 1.